The van der Waals surface area contributed by atoms with E-state index in [1.165, 1.54) is 22.5 Å². The number of rotatable bonds is 2. The van der Waals surface area contributed by atoms with Crippen LogP contribution in [0.2, 0.25) is 10.0 Å². The van der Waals surface area contributed by atoms with Crippen molar-refractivity contribution >= 4 is 33.2 Å². The first-order chi connectivity index (χ1) is 8.41. The van der Waals surface area contributed by atoms with Gasteiger partial charge >= 0.3 is 0 Å². The zero-order valence-electron chi connectivity index (χ0n) is 9.64. The van der Waals surface area contributed by atoms with E-state index in [0.29, 0.717) is 31.0 Å². The molecule has 1 aromatic carbocycles. The minimum Gasteiger partial charge on any atom is -0.328 e. The summed E-state index contributed by atoms with van der Waals surface area (Å²) < 4.78 is 26.2. The Balaban J connectivity index is 2.30. The number of piperidine rings is 1. The van der Waals surface area contributed by atoms with Gasteiger partial charge in [-0.2, -0.15) is 4.31 Å². The molecule has 1 saturated heterocycles. The van der Waals surface area contributed by atoms with Crippen molar-refractivity contribution in [2.24, 2.45) is 5.73 Å². The van der Waals surface area contributed by atoms with E-state index < -0.39 is 10.0 Å². The minimum absolute atomic E-state index is 0.0807. The Labute approximate surface area is 117 Å². The molecular formula is C11H14Cl2N2O2S. The van der Waals surface area contributed by atoms with Gasteiger partial charge < -0.3 is 5.73 Å². The van der Waals surface area contributed by atoms with E-state index in [1.54, 1.807) is 0 Å². The Hall–Kier alpha value is -0.330. The number of hydrogen-bond donors (Lipinski definition) is 1. The molecular weight excluding hydrogens is 295 g/mol. The SMILES string of the molecule is NC1CCN(S(=O)(=O)c2ccc(Cl)cc2Cl)CC1. The summed E-state index contributed by atoms with van der Waals surface area (Å²) in [5.74, 6) is 0. The van der Waals surface area contributed by atoms with Crippen LogP contribution in [0.15, 0.2) is 23.1 Å². The van der Waals surface area contributed by atoms with Crippen LogP contribution in [0.4, 0.5) is 0 Å². The topological polar surface area (TPSA) is 63.4 Å². The first-order valence-electron chi connectivity index (χ1n) is 5.62. The van der Waals surface area contributed by atoms with Crippen molar-refractivity contribution in [3.8, 4) is 0 Å². The van der Waals surface area contributed by atoms with E-state index >= 15 is 0 Å². The van der Waals surface area contributed by atoms with Gasteiger partial charge in [-0.1, -0.05) is 23.2 Å². The molecule has 100 valence electrons. The lowest BCUT2D eigenvalue weighted by Gasteiger charge is -2.29. The summed E-state index contributed by atoms with van der Waals surface area (Å²) in [6, 6.07) is 4.48. The molecule has 1 heterocycles. The van der Waals surface area contributed by atoms with Gasteiger partial charge in [0.05, 0.1) is 5.02 Å². The number of halogens is 2. The summed E-state index contributed by atoms with van der Waals surface area (Å²) in [5.41, 5.74) is 5.76. The highest BCUT2D eigenvalue weighted by Gasteiger charge is 2.29. The van der Waals surface area contributed by atoms with Gasteiger partial charge in [-0.15, -0.1) is 0 Å². The second-order valence-electron chi connectivity index (χ2n) is 4.32. The normalized spacial score (nSPS) is 19.1. The average molecular weight is 309 g/mol. The summed E-state index contributed by atoms with van der Waals surface area (Å²) in [5, 5.41) is 0.567. The second kappa shape index (κ2) is 5.35. The molecule has 1 aromatic rings. The van der Waals surface area contributed by atoms with E-state index in [9.17, 15) is 8.42 Å². The maximum Gasteiger partial charge on any atom is 0.244 e. The predicted octanol–water partition coefficient (Wildman–Crippen LogP) is 2.11. The predicted molar refractivity (Wildman–Crippen MR) is 72.4 cm³/mol. The monoisotopic (exact) mass is 308 g/mol. The molecule has 0 radical (unpaired) electrons. The van der Waals surface area contributed by atoms with Gasteiger partial charge in [0.2, 0.25) is 10.0 Å². The lowest BCUT2D eigenvalue weighted by Crippen LogP contribution is -2.42. The minimum atomic E-state index is -3.55. The van der Waals surface area contributed by atoms with Gasteiger partial charge in [0, 0.05) is 24.2 Å². The molecule has 0 aliphatic carbocycles. The number of benzene rings is 1. The van der Waals surface area contributed by atoms with E-state index in [1.807, 2.05) is 0 Å². The lowest BCUT2D eigenvalue weighted by molar-refractivity contribution is 0.320. The number of sulfonamides is 1. The third kappa shape index (κ3) is 2.81. The molecule has 1 aliphatic heterocycles. The Morgan fingerprint density at radius 1 is 1.22 bits per heavy atom. The Bertz CT molecular complexity index is 540. The summed E-state index contributed by atoms with van der Waals surface area (Å²) >= 11 is 11.7. The van der Waals surface area contributed by atoms with Crippen molar-refractivity contribution in [1.82, 2.24) is 4.31 Å². The molecule has 0 saturated carbocycles. The van der Waals surface area contributed by atoms with Gasteiger partial charge in [-0.3, -0.25) is 0 Å². The molecule has 0 aromatic heterocycles. The third-order valence-corrected chi connectivity index (χ3v) is 5.63. The quantitative estimate of drug-likeness (QED) is 0.910. The number of nitrogens with two attached hydrogens (primary N) is 1. The maximum absolute atomic E-state index is 12.4. The fourth-order valence-corrected chi connectivity index (χ4v) is 4.16. The van der Waals surface area contributed by atoms with Crippen molar-refractivity contribution in [3.05, 3.63) is 28.2 Å². The number of nitrogens with zero attached hydrogens (tertiary/aromatic N) is 1. The zero-order valence-corrected chi connectivity index (χ0v) is 12.0. The molecule has 18 heavy (non-hydrogen) atoms. The fraction of sp³-hybridized carbons (Fsp3) is 0.455. The highest BCUT2D eigenvalue weighted by Crippen LogP contribution is 2.28. The molecule has 0 unspecified atom stereocenters. The molecule has 0 spiro atoms. The Kier molecular flexibility index (Phi) is 4.18. The van der Waals surface area contributed by atoms with Crippen molar-refractivity contribution < 1.29 is 8.42 Å². The van der Waals surface area contributed by atoms with Gasteiger partial charge in [-0.05, 0) is 31.0 Å². The van der Waals surface area contributed by atoms with Crippen molar-refractivity contribution in [2.45, 2.75) is 23.8 Å². The molecule has 0 bridgehead atoms. The first kappa shape index (κ1) is 14.1. The lowest BCUT2D eigenvalue weighted by atomic mass is 10.1. The van der Waals surface area contributed by atoms with Crippen LogP contribution in [0.5, 0.6) is 0 Å². The van der Waals surface area contributed by atoms with Crippen molar-refractivity contribution in [2.75, 3.05) is 13.1 Å². The van der Waals surface area contributed by atoms with Crippen LogP contribution in [0.1, 0.15) is 12.8 Å². The number of hydrogen-bond acceptors (Lipinski definition) is 3. The largest absolute Gasteiger partial charge is 0.328 e. The molecule has 1 fully saturated rings. The van der Waals surface area contributed by atoms with E-state index in [-0.39, 0.29) is 16.0 Å². The zero-order chi connectivity index (χ0) is 13.3. The molecule has 2 N–H and O–H groups in total. The smallest absolute Gasteiger partial charge is 0.244 e. The molecule has 7 heteroatoms. The van der Waals surface area contributed by atoms with Gasteiger partial charge in [-0.25, -0.2) is 8.42 Å². The molecule has 4 nitrogen and oxygen atoms in total. The van der Waals surface area contributed by atoms with Crippen LogP contribution in [-0.2, 0) is 10.0 Å². The molecule has 2 rings (SSSR count). The molecule has 0 atom stereocenters. The summed E-state index contributed by atoms with van der Waals surface area (Å²) in [4.78, 5) is 0.101. The fourth-order valence-electron chi connectivity index (χ4n) is 1.94. The van der Waals surface area contributed by atoms with Crippen molar-refractivity contribution in [3.63, 3.8) is 0 Å². The third-order valence-electron chi connectivity index (χ3n) is 3.01. The van der Waals surface area contributed by atoms with E-state index in [0.717, 1.165) is 0 Å². The van der Waals surface area contributed by atoms with Crippen LogP contribution in [0.25, 0.3) is 0 Å². The van der Waals surface area contributed by atoms with Crippen LogP contribution in [-0.4, -0.2) is 31.9 Å². The van der Waals surface area contributed by atoms with Gasteiger partial charge in [0.15, 0.2) is 0 Å². The van der Waals surface area contributed by atoms with Crippen LogP contribution in [0, 0.1) is 0 Å². The standard InChI is InChI=1S/C11H14Cl2N2O2S/c12-8-1-2-11(10(13)7-8)18(16,17)15-5-3-9(14)4-6-15/h1-2,7,9H,3-6,14H2. The second-order valence-corrected chi connectivity index (χ2v) is 7.07. The Morgan fingerprint density at radius 2 is 1.83 bits per heavy atom. The molecule has 1 aliphatic rings. The summed E-state index contributed by atoms with van der Waals surface area (Å²) in [6.07, 6.45) is 1.34. The summed E-state index contributed by atoms with van der Waals surface area (Å²) in [6.45, 7) is 0.866. The van der Waals surface area contributed by atoms with Crippen molar-refractivity contribution in [1.29, 1.82) is 0 Å². The summed E-state index contributed by atoms with van der Waals surface area (Å²) in [7, 11) is -3.55. The van der Waals surface area contributed by atoms with Crippen LogP contribution in [0.3, 0.4) is 0 Å². The first-order valence-corrected chi connectivity index (χ1v) is 7.81. The van der Waals surface area contributed by atoms with Crippen LogP contribution < -0.4 is 5.73 Å². The van der Waals surface area contributed by atoms with E-state index in [2.05, 4.69) is 0 Å². The highest BCUT2D eigenvalue weighted by molar-refractivity contribution is 7.89. The van der Waals surface area contributed by atoms with Crippen LogP contribution >= 0.6 is 23.2 Å². The van der Waals surface area contributed by atoms with E-state index in [4.69, 9.17) is 28.9 Å². The highest BCUT2D eigenvalue weighted by atomic mass is 35.5. The van der Waals surface area contributed by atoms with Gasteiger partial charge in [0.25, 0.3) is 0 Å². The van der Waals surface area contributed by atoms with Gasteiger partial charge in [0.1, 0.15) is 4.90 Å². The molecule has 0 amide bonds. The maximum atomic E-state index is 12.4. The Morgan fingerprint density at radius 3 is 2.39 bits per heavy atom. The average Bonchev–Trinajstić information content (AvgIpc) is 2.29.